The number of benzene rings is 1. The van der Waals surface area contributed by atoms with Crippen molar-refractivity contribution in [1.82, 2.24) is 15.1 Å². The molecular weight excluding hydrogens is 266 g/mol. The molecule has 0 aliphatic rings. The molecule has 0 aliphatic carbocycles. The Kier molecular flexibility index (Phi) is 4.21. The van der Waals surface area contributed by atoms with E-state index >= 15 is 0 Å². The molecule has 1 amide bonds. The van der Waals surface area contributed by atoms with Crippen LogP contribution in [0.1, 0.15) is 37.7 Å². The van der Waals surface area contributed by atoms with Gasteiger partial charge < -0.3 is 5.32 Å². The summed E-state index contributed by atoms with van der Waals surface area (Å²) in [7, 11) is 0. The van der Waals surface area contributed by atoms with Crippen LogP contribution in [0.5, 0.6) is 0 Å². The van der Waals surface area contributed by atoms with Crippen molar-refractivity contribution in [3.05, 3.63) is 58.5 Å². The lowest BCUT2D eigenvalue weighted by atomic mass is 10.0. The minimum absolute atomic E-state index is 0.222. The lowest BCUT2D eigenvalue weighted by Gasteiger charge is -2.24. The summed E-state index contributed by atoms with van der Waals surface area (Å²) < 4.78 is 1.23. The van der Waals surface area contributed by atoms with Crippen molar-refractivity contribution < 1.29 is 4.79 Å². The molecular formula is C16H19N3O2. The van der Waals surface area contributed by atoms with E-state index in [2.05, 4.69) is 10.4 Å². The third-order valence-electron chi connectivity index (χ3n) is 3.37. The second kappa shape index (κ2) is 5.91. The summed E-state index contributed by atoms with van der Waals surface area (Å²) >= 11 is 0. The Bertz CT molecular complexity index is 690. The summed E-state index contributed by atoms with van der Waals surface area (Å²) in [6.07, 6.45) is 0.803. The van der Waals surface area contributed by atoms with Crippen molar-refractivity contribution >= 4 is 5.91 Å². The maximum absolute atomic E-state index is 12.2. The summed E-state index contributed by atoms with van der Waals surface area (Å²) in [5, 5.41) is 7.06. The quantitative estimate of drug-likeness (QED) is 0.936. The van der Waals surface area contributed by atoms with E-state index in [0.717, 1.165) is 6.42 Å². The van der Waals surface area contributed by atoms with Gasteiger partial charge >= 0.3 is 0 Å². The topological polar surface area (TPSA) is 64.0 Å². The van der Waals surface area contributed by atoms with Gasteiger partial charge in [0.05, 0.1) is 5.69 Å². The second-order valence-corrected chi connectivity index (χ2v) is 5.50. The number of para-hydroxylation sites is 1. The number of hydrogen-bond acceptors (Lipinski definition) is 3. The van der Waals surface area contributed by atoms with Crippen LogP contribution < -0.4 is 10.9 Å². The van der Waals surface area contributed by atoms with Gasteiger partial charge in [0, 0.05) is 11.6 Å². The Hall–Kier alpha value is -2.43. The van der Waals surface area contributed by atoms with Crippen LogP contribution in [-0.2, 0) is 0 Å². The first-order valence-corrected chi connectivity index (χ1v) is 6.91. The highest BCUT2D eigenvalue weighted by Crippen LogP contribution is 2.08. The van der Waals surface area contributed by atoms with E-state index in [4.69, 9.17) is 0 Å². The zero-order valence-corrected chi connectivity index (χ0v) is 12.5. The zero-order valence-electron chi connectivity index (χ0n) is 12.5. The Morgan fingerprint density at radius 3 is 2.48 bits per heavy atom. The van der Waals surface area contributed by atoms with Crippen LogP contribution in [0.4, 0.5) is 0 Å². The molecule has 0 bridgehead atoms. The van der Waals surface area contributed by atoms with Gasteiger partial charge in [0.15, 0.2) is 0 Å². The SMILES string of the molecule is CCC(C)(C)NC(=O)c1ccc(=O)n(-c2ccccc2)n1. The van der Waals surface area contributed by atoms with Crippen molar-refractivity contribution in [2.24, 2.45) is 0 Å². The fourth-order valence-electron chi connectivity index (χ4n) is 1.75. The Balaban J connectivity index is 2.36. The zero-order chi connectivity index (χ0) is 15.5. The first kappa shape index (κ1) is 15.0. The van der Waals surface area contributed by atoms with Crippen molar-refractivity contribution in [2.75, 3.05) is 0 Å². The van der Waals surface area contributed by atoms with E-state index < -0.39 is 0 Å². The lowest BCUT2D eigenvalue weighted by molar-refractivity contribution is 0.0904. The number of aromatic nitrogens is 2. The highest BCUT2D eigenvalue weighted by molar-refractivity contribution is 5.92. The number of carbonyl (C=O) groups is 1. The van der Waals surface area contributed by atoms with Gasteiger partial charge in [-0.3, -0.25) is 9.59 Å². The molecule has 1 heterocycles. The van der Waals surface area contributed by atoms with Crippen LogP contribution >= 0.6 is 0 Å². The third kappa shape index (κ3) is 3.56. The minimum atomic E-state index is -0.313. The average molecular weight is 285 g/mol. The normalized spacial score (nSPS) is 11.2. The number of nitrogens with zero attached hydrogens (tertiary/aromatic N) is 2. The van der Waals surface area contributed by atoms with Crippen LogP contribution in [0.3, 0.4) is 0 Å². The largest absolute Gasteiger partial charge is 0.346 e. The molecule has 0 aliphatic heterocycles. The highest BCUT2D eigenvalue weighted by atomic mass is 16.2. The van der Waals surface area contributed by atoms with Gasteiger partial charge in [-0.25, -0.2) is 0 Å². The third-order valence-corrected chi connectivity index (χ3v) is 3.37. The second-order valence-electron chi connectivity index (χ2n) is 5.50. The molecule has 0 fully saturated rings. The first-order chi connectivity index (χ1) is 9.93. The van der Waals surface area contributed by atoms with Gasteiger partial charge in [-0.05, 0) is 38.5 Å². The summed E-state index contributed by atoms with van der Waals surface area (Å²) in [4.78, 5) is 24.1. The highest BCUT2D eigenvalue weighted by Gasteiger charge is 2.20. The maximum atomic E-state index is 12.2. The van der Waals surface area contributed by atoms with Crippen molar-refractivity contribution in [1.29, 1.82) is 0 Å². The standard InChI is InChI=1S/C16H19N3O2/c1-4-16(2,3)17-15(21)13-10-11-14(20)19(18-13)12-8-6-5-7-9-12/h5-11H,4H2,1-3H3,(H,17,21). The molecule has 5 heteroatoms. The first-order valence-electron chi connectivity index (χ1n) is 6.91. The molecule has 2 rings (SSSR count). The van der Waals surface area contributed by atoms with Crippen LogP contribution in [0.2, 0.25) is 0 Å². The molecule has 0 saturated carbocycles. The Labute approximate surface area is 123 Å². The number of nitrogens with one attached hydrogen (secondary N) is 1. The van der Waals surface area contributed by atoms with E-state index in [0.29, 0.717) is 5.69 Å². The van der Waals surface area contributed by atoms with E-state index in [-0.39, 0.29) is 22.7 Å². The molecule has 0 spiro atoms. The van der Waals surface area contributed by atoms with Crippen LogP contribution in [-0.4, -0.2) is 21.2 Å². The number of hydrogen-bond donors (Lipinski definition) is 1. The molecule has 5 nitrogen and oxygen atoms in total. The molecule has 1 aromatic carbocycles. The fraction of sp³-hybridized carbons (Fsp3) is 0.312. The van der Waals surface area contributed by atoms with Crippen LogP contribution in [0.15, 0.2) is 47.3 Å². The van der Waals surface area contributed by atoms with Gasteiger partial charge in [0.25, 0.3) is 11.5 Å². The molecule has 21 heavy (non-hydrogen) atoms. The van der Waals surface area contributed by atoms with Gasteiger partial charge in [-0.2, -0.15) is 9.78 Å². The monoisotopic (exact) mass is 285 g/mol. The van der Waals surface area contributed by atoms with E-state index in [1.54, 1.807) is 12.1 Å². The fourth-order valence-corrected chi connectivity index (χ4v) is 1.75. The number of rotatable bonds is 4. The number of carbonyl (C=O) groups excluding carboxylic acids is 1. The average Bonchev–Trinajstić information content (AvgIpc) is 2.48. The molecule has 1 aromatic heterocycles. The summed E-state index contributed by atoms with van der Waals surface area (Å²) in [5.74, 6) is -0.286. The van der Waals surface area contributed by atoms with Crippen molar-refractivity contribution in [3.63, 3.8) is 0 Å². The van der Waals surface area contributed by atoms with Crippen molar-refractivity contribution in [2.45, 2.75) is 32.7 Å². The Morgan fingerprint density at radius 2 is 1.86 bits per heavy atom. The molecule has 0 radical (unpaired) electrons. The van der Waals surface area contributed by atoms with Gasteiger partial charge in [0.2, 0.25) is 0 Å². The van der Waals surface area contributed by atoms with E-state index in [9.17, 15) is 9.59 Å². The summed E-state index contributed by atoms with van der Waals surface area (Å²) in [6, 6.07) is 11.8. The van der Waals surface area contributed by atoms with Gasteiger partial charge in [0.1, 0.15) is 5.69 Å². The predicted octanol–water partition coefficient (Wildman–Crippen LogP) is 2.15. The molecule has 110 valence electrons. The molecule has 1 N–H and O–H groups in total. The van der Waals surface area contributed by atoms with E-state index in [1.165, 1.54) is 16.8 Å². The van der Waals surface area contributed by atoms with Gasteiger partial charge in [-0.1, -0.05) is 25.1 Å². The summed E-state index contributed by atoms with van der Waals surface area (Å²) in [6.45, 7) is 5.88. The predicted molar refractivity (Wildman–Crippen MR) is 81.7 cm³/mol. The van der Waals surface area contributed by atoms with E-state index in [1.807, 2.05) is 39.0 Å². The molecule has 0 unspecified atom stereocenters. The maximum Gasteiger partial charge on any atom is 0.272 e. The van der Waals surface area contributed by atoms with Gasteiger partial charge in [-0.15, -0.1) is 0 Å². The molecule has 0 saturated heterocycles. The minimum Gasteiger partial charge on any atom is -0.346 e. The number of amides is 1. The summed E-state index contributed by atoms with van der Waals surface area (Å²) in [5.41, 5.74) is 0.270. The smallest absolute Gasteiger partial charge is 0.272 e. The Morgan fingerprint density at radius 1 is 1.19 bits per heavy atom. The van der Waals surface area contributed by atoms with Crippen LogP contribution in [0, 0.1) is 0 Å². The van der Waals surface area contributed by atoms with Crippen LogP contribution in [0.25, 0.3) is 5.69 Å². The molecule has 0 atom stereocenters. The lowest BCUT2D eigenvalue weighted by Crippen LogP contribution is -2.43. The van der Waals surface area contributed by atoms with Crippen molar-refractivity contribution in [3.8, 4) is 5.69 Å². The molecule has 2 aromatic rings.